The van der Waals surface area contributed by atoms with Gasteiger partial charge in [0.2, 0.25) is 11.4 Å². The van der Waals surface area contributed by atoms with Gasteiger partial charge in [-0.1, -0.05) is 89.6 Å². The number of allylic oxidation sites excluding steroid dienone is 4. The van der Waals surface area contributed by atoms with Crippen molar-refractivity contribution < 1.29 is 16.1 Å². The van der Waals surface area contributed by atoms with E-state index < -0.39 is 5.41 Å². The molecule has 6 aliphatic carbocycles. The normalized spacial score (nSPS) is 31.1. The Morgan fingerprint density at radius 2 is 1.16 bits per heavy atom. The fourth-order valence-electron chi connectivity index (χ4n) is 11.9. The van der Waals surface area contributed by atoms with Gasteiger partial charge in [0.1, 0.15) is 11.5 Å². The summed E-state index contributed by atoms with van der Waals surface area (Å²) in [6.07, 6.45) is 13.1. The number of aromatic nitrogens is 6. The molecule has 3 aromatic rings. The first-order valence-electron chi connectivity index (χ1n) is 21.5. The molecular weight excluding hydrogens is 725 g/mol. The van der Waals surface area contributed by atoms with Gasteiger partial charge in [0, 0.05) is 80.0 Å². The maximum atomic E-state index is 12.4. The van der Waals surface area contributed by atoms with Gasteiger partial charge >= 0.3 is 0 Å². The molecule has 3 aromatic heterocycles. The summed E-state index contributed by atoms with van der Waals surface area (Å²) < 4.78 is 11.3. The Morgan fingerprint density at radius 3 is 1.66 bits per heavy atom. The van der Waals surface area contributed by atoms with Gasteiger partial charge < -0.3 is 9.90 Å². The minimum absolute atomic E-state index is 0.0282. The van der Waals surface area contributed by atoms with Crippen LogP contribution in [0.5, 0.6) is 0 Å². The van der Waals surface area contributed by atoms with Crippen molar-refractivity contribution in [3.8, 4) is 0 Å². The van der Waals surface area contributed by atoms with Crippen LogP contribution in [-0.2, 0) is 66.2 Å². The Kier molecular flexibility index (Phi) is 10.7. The van der Waals surface area contributed by atoms with E-state index in [1.807, 2.05) is 89.0 Å². The zero-order chi connectivity index (χ0) is 44.4. The predicted molar refractivity (Wildman–Crippen MR) is 227 cm³/mol. The summed E-state index contributed by atoms with van der Waals surface area (Å²) >= 11 is 0. The first-order chi connectivity index (χ1) is 27.5. The minimum atomic E-state index is -0.504. The number of Topliss-reactive ketones (excluding diaryl/α,β-unsaturated/α-hetero) is 2. The van der Waals surface area contributed by atoms with E-state index in [1.54, 1.807) is 0 Å². The molecule has 0 bridgehead atoms. The molecule has 3 heterocycles. The number of carbonyl (C=O) groups excluding carboxylic acids is 2. The van der Waals surface area contributed by atoms with Gasteiger partial charge in [-0.15, -0.1) is 0 Å². The van der Waals surface area contributed by atoms with Crippen molar-refractivity contribution in [2.75, 3.05) is 0 Å². The van der Waals surface area contributed by atoms with Gasteiger partial charge in [-0.3, -0.25) is 18.8 Å². The predicted octanol–water partition coefficient (Wildman–Crippen LogP) is 9.13. The highest BCUT2D eigenvalue weighted by Gasteiger charge is 2.59. The number of nitrogens with zero attached hydrogens (tertiary/aromatic N) is 8. The minimum Gasteiger partial charge on any atom is -0.523 e. The second-order valence-electron chi connectivity index (χ2n) is 19.6. The van der Waals surface area contributed by atoms with Crippen molar-refractivity contribution in [1.29, 1.82) is 0 Å². The van der Waals surface area contributed by atoms with Crippen LogP contribution in [0.15, 0.2) is 41.8 Å². The topological polar surface area (TPSA) is 117 Å². The lowest BCUT2D eigenvalue weighted by Crippen LogP contribution is -2.48. The summed E-state index contributed by atoms with van der Waals surface area (Å²) in [5.74, 6) is 1.60. The largest absolute Gasteiger partial charge is 0.523 e. The second kappa shape index (κ2) is 14.5. The molecule has 11 nitrogen and oxygen atoms in total. The number of carbonyl (C=O) groups is 2. The number of aryl methyl sites for hydroxylation is 3. The summed E-state index contributed by atoms with van der Waals surface area (Å²) in [6, 6.07) is 0. The Balaban J connectivity index is 0.000000161. The molecule has 1 N–H and O–H groups in total. The molecule has 0 spiro atoms. The Hall–Kier alpha value is -4.77. The van der Waals surface area contributed by atoms with Crippen molar-refractivity contribution in [2.45, 2.75) is 138 Å². The number of aliphatic hydroxyl groups is 1. The Morgan fingerprint density at radius 1 is 0.707 bits per heavy atom. The second-order valence-corrected chi connectivity index (χ2v) is 19.6. The van der Waals surface area contributed by atoms with Crippen LogP contribution in [0.25, 0.3) is 9.69 Å². The molecule has 1 saturated carbocycles. The molecule has 312 valence electrons. The highest BCUT2D eigenvalue weighted by molar-refractivity contribution is 6.02. The van der Waals surface area contributed by atoms with Crippen molar-refractivity contribution in [3.63, 3.8) is 0 Å². The molecule has 1 fully saturated rings. The quantitative estimate of drug-likeness (QED) is 0.227. The van der Waals surface area contributed by atoms with Gasteiger partial charge in [0.15, 0.2) is 5.78 Å². The van der Waals surface area contributed by atoms with E-state index >= 15 is 0 Å². The third-order valence-electron chi connectivity index (χ3n) is 15.0. The maximum absolute atomic E-state index is 12.4. The fraction of sp³-hybridized carbons (Fsp3) is 0.638. The summed E-state index contributed by atoms with van der Waals surface area (Å²) in [5.41, 5.74) is 6.59. The smallest absolute Gasteiger partial charge is 0.226 e. The standard InChI is InChI=1S/C15H19N3O.C15H17N3O.C14H20N2O.C2H6.CH4/c2*1-14(2)11-6-9-8-18(5)17-12(9)15(11,3)7-10(16-4)13(14)19;1-13(2)10-7-9-8-16(4)15-12(9)14(10,3)6-5-11(13)17;1-2;/h8,11,19H,6-7H2,1-3,5H3;7-8,11H,6H2,1-3,5H3;8,10H,5-7H2,1-4H3;1-2H3;1H4/t2*11-,15+;10-,14+;;/m111../s1/i;;;;1T. The lowest BCUT2D eigenvalue weighted by atomic mass is 9.57. The van der Waals surface area contributed by atoms with Gasteiger partial charge in [-0.25, -0.2) is 9.69 Å². The number of hydrogen-bond acceptors (Lipinski definition) is 6. The molecule has 0 radical (unpaired) electrons. The van der Waals surface area contributed by atoms with Gasteiger partial charge in [0.05, 0.1) is 30.2 Å². The zero-order valence-electron chi connectivity index (χ0n) is 38.6. The van der Waals surface area contributed by atoms with Crippen LogP contribution in [0.4, 0.5) is 0 Å². The van der Waals surface area contributed by atoms with E-state index in [0.29, 0.717) is 36.2 Å². The van der Waals surface area contributed by atoms with Crippen LogP contribution >= 0.6 is 0 Å². The third kappa shape index (κ3) is 6.30. The van der Waals surface area contributed by atoms with E-state index in [-0.39, 0.29) is 50.2 Å². The van der Waals surface area contributed by atoms with Crippen LogP contribution in [0, 0.1) is 47.1 Å². The molecule has 0 amide bonds. The van der Waals surface area contributed by atoms with Crippen LogP contribution in [0.2, 0.25) is 0 Å². The van der Waals surface area contributed by atoms with Crippen LogP contribution in [0.3, 0.4) is 0 Å². The lowest BCUT2D eigenvalue weighted by Gasteiger charge is -2.46. The fourth-order valence-corrected chi connectivity index (χ4v) is 11.9. The summed E-state index contributed by atoms with van der Waals surface area (Å²) in [4.78, 5) is 31.5. The van der Waals surface area contributed by atoms with Crippen molar-refractivity contribution >= 4 is 11.6 Å². The molecule has 0 unspecified atom stereocenters. The molecule has 11 heteroatoms. The molecule has 0 saturated heterocycles. The summed E-state index contributed by atoms with van der Waals surface area (Å²) in [5, 5.41) is 24.2. The molecule has 0 aliphatic heterocycles. The Labute approximate surface area is 348 Å². The zero-order valence-corrected chi connectivity index (χ0v) is 37.6. The van der Waals surface area contributed by atoms with Crippen molar-refractivity contribution in [1.82, 2.24) is 29.3 Å². The third-order valence-corrected chi connectivity index (χ3v) is 15.0. The highest BCUT2D eigenvalue weighted by Crippen LogP contribution is 2.60. The van der Waals surface area contributed by atoms with Crippen molar-refractivity contribution in [2.24, 2.45) is 55.1 Å². The van der Waals surface area contributed by atoms with E-state index in [4.69, 9.17) is 14.5 Å². The molecule has 0 aromatic carbocycles. The number of ketones is 2. The van der Waals surface area contributed by atoms with Crippen LogP contribution in [0.1, 0.15) is 138 Å². The molecule has 58 heavy (non-hydrogen) atoms. The molecular formula is C47H66N8O3. The number of hydrogen-bond donors (Lipinski definition) is 1. The average Bonchev–Trinajstić information content (AvgIpc) is 4.02. The highest BCUT2D eigenvalue weighted by atomic mass is 16.3. The van der Waals surface area contributed by atoms with Gasteiger partial charge in [-0.2, -0.15) is 15.3 Å². The molecule has 6 atom stereocenters. The van der Waals surface area contributed by atoms with E-state index in [9.17, 15) is 14.7 Å². The van der Waals surface area contributed by atoms with Gasteiger partial charge in [-0.05, 0) is 66.5 Å². The number of aliphatic hydroxyl groups excluding tert-OH is 1. The monoisotopic (exact) mass is 793 g/mol. The SMILES string of the molecule is CC.Cn1cc2c(n1)[C@@]1(C)CCC(=O)C(C)(C)[C@H]1C2.[3H]C.[C-]#[N+]C1=C(O)C(C)(C)[C@H]2Cc3cn(C)nc3[C@@]2(C)C1.[C-]#[N+]C1=C[C@]2(C)c3nn(C)cc3C[C@@H]2C(C)(C)C1=O. The van der Waals surface area contributed by atoms with Crippen LogP contribution < -0.4 is 0 Å². The summed E-state index contributed by atoms with van der Waals surface area (Å²) in [7, 11) is 7.08. The van der Waals surface area contributed by atoms with Gasteiger partial charge in [0.25, 0.3) is 0 Å². The van der Waals surface area contributed by atoms with E-state index in [2.05, 4.69) is 72.0 Å². The van der Waals surface area contributed by atoms with E-state index in [1.165, 1.54) is 29.8 Å². The maximum Gasteiger partial charge on any atom is 0.226 e. The number of fused-ring (bicyclic) bond motifs is 9. The van der Waals surface area contributed by atoms with Crippen LogP contribution in [-0.4, -0.2) is 46.0 Å². The summed E-state index contributed by atoms with van der Waals surface area (Å²) in [6.45, 7) is 37.4. The first kappa shape index (κ1) is 42.8. The average molecular weight is 793 g/mol. The van der Waals surface area contributed by atoms with E-state index in [0.717, 1.165) is 37.1 Å². The molecule has 9 rings (SSSR count). The first-order valence-corrected chi connectivity index (χ1v) is 20.5. The lowest BCUT2D eigenvalue weighted by molar-refractivity contribution is -0.135. The number of rotatable bonds is 0. The molecule has 6 aliphatic rings. The Bertz CT molecular complexity index is 2310. The van der Waals surface area contributed by atoms with Crippen molar-refractivity contribution in [3.05, 3.63) is 98.4 Å².